The lowest BCUT2D eigenvalue weighted by atomic mass is 9.86. The van der Waals surface area contributed by atoms with Gasteiger partial charge < -0.3 is 29.3 Å². The second-order valence-corrected chi connectivity index (χ2v) is 10.2. The molecule has 1 N–H and O–H groups in total. The Balaban J connectivity index is 1.89. The lowest BCUT2D eigenvalue weighted by Crippen LogP contribution is -2.56. The molecule has 2 unspecified atom stereocenters. The van der Waals surface area contributed by atoms with Gasteiger partial charge in [-0.2, -0.15) is 0 Å². The molecule has 3 amide bonds. The minimum atomic E-state index is -1.05. The SMILES string of the molecule is CCOC(=O)C(c1cc(C(=O)NC(CCC(=O)OC)C(=O)N2CCN(C(=O)OCC)CC2)nc2ccccc12)C(C)C. The molecule has 0 radical (unpaired) electrons. The summed E-state index contributed by atoms with van der Waals surface area (Å²) in [7, 11) is 1.25. The van der Waals surface area contributed by atoms with Crippen LogP contribution in [0.3, 0.4) is 0 Å². The Hall–Kier alpha value is -4.22. The molecule has 1 aliphatic rings. The number of carbonyl (C=O) groups is 5. The summed E-state index contributed by atoms with van der Waals surface area (Å²) in [4.78, 5) is 71.7. The van der Waals surface area contributed by atoms with Crippen LogP contribution in [-0.4, -0.2) is 97.2 Å². The highest BCUT2D eigenvalue weighted by molar-refractivity contribution is 6.00. The number of hydrogen-bond acceptors (Lipinski definition) is 9. The summed E-state index contributed by atoms with van der Waals surface area (Å²) in [6.45, 7) is 8.79. The molecule has 0 bridgehead atoms. The molecule has 0 spiro atoms. The monoisotopic (exact) mass is 584 g/mol. The van der Waals surface area contributed by atoms with Gasteiger partial charge in [0.25, 0.3) is 5.91 Å². The average molecular weight is 585 g/mol. The summed E-state index contributed by atoms with van der Waals surface area (Å²) >= 11 is 0. The number of fused-ring (bicyclic) bond motifs is 1. The number of esters is 2. The van der Waals surface area contributed by atoms with Crippen LogP contribution in [0.4, 0.5) is 4.79 Å². The third kappa shape index (κ3) is 7.95. The van der Waals surface area contributed by atoms with Gasteiger partial charge in [0.15, 0.2) is 0 Å². The maximum atomic E-state index is 13.6. The van der Waals surface area contributed by atoms with Crippen LogP contribution in [0.1, 0.15) is 62.5 Å². The lowest BCUT2D eigenvalue weighted by molar-refractivity contribution is -0.146. The van der Waals surface area contributed by atoms with Crippen LogP contribution in [0.25, 0.3) is 10.9 Å². The molecule has 228 valence electrons. The standard InChI is InChI=1S/C30H40N4O8/c1-6-41-29(38)26(19(3)4)21-18-24(31-22-11-9-8-10-20(21)22)27(36)32-23(12-13-25(35)40-5)28(37)33-14-16-34(17-15-33)30(39)42-7-2/h8-11,18-19,23,26H,6-7,12-17H2,1-5H3,(H,32,36). The molecule has 12 heteroatoms. The smallest absolute Gasteiger partial charge is 0.409 e. The summed E-state index contributed by atoms with van der Waals surface area (Å²) in [6, 6.07) is 7.73. The molecule has 2 aromatic rings. The first kappa shape index (κ1) is 32.3. The van der Waals surface area contributed by atoms with Crippen molar-refractivity contribution in [1.29, 1.82) is 0 Å². The minimum Gasteiger partial charge on any atom is -0.469 e. The first-order valence-electron chi connectivity index (χ1n) is 14.3. The second-order valence-electron chi connectivity index (χ2n) is 10.2. The number of amides is 3. The number of methoxy groups -OCH3 is 1. The number of nitrogens with one attached hydrogen (secondary N) is 1. The molecule has 1 aliphatic heterocycles. The minimum absolute atomic E-state index is 0.00716. The van der Waals surface area contributed by atoms with Crippen LogP contribution in [-0.2, 0) is 28.6 Å². The zero-order chi connectivity index (χ0) is 30.8. The van der Waals surface area contributed by atoms with Crippen LogP contribution >= 0.6 is 0 Å². The number of benzene rings is 1. The fourth-order valence-corrected chi connectivity index (χ4v) is 4.96. The van der Waals surface area contributed by atoms with Crippen molar-refractivity contribution in [2.75, 3.05) is 46.5 Å². The molecule has 12 nitrogen and oxygen atoms in total. The number of piperazine rings is 1. The highest BCUT2D eigenvalue weighted by atomic mass is 16.6. The average Bonchev–Trinajstić information content (AvgIpc) is 2.98. The van der Waals surface area contributed by atoms with Crippen molar-refractivity contribution in [3.63, 3.8) is 0 Å². The van der Waals surface area contributed by atoms with E-state index in [1.807, 2.05) is 26.0 Å². The zero-order valence-electron chi connectivity index (χ0n) is 24.9. The van der Waals surface area contributed by atoms with E-state index < -0.39 is 35.9 Å². The third-order valence-corrected chi connectivity index (χ3v) is 7.11. The maximum absolute atomic E-state index is 13.6. The third-order valence-electron chi connectivity index (χ3n) is 7.11. The zero-order valence-corrected chi connectivity index (χ0v) is 24.9. The topological polar surface area (TPSA) is 144 Å². The number of carbonyl (C=O) groups excluding carboxylic acids is 5. The molecular weight excluding hydrogens is 544 g/mol. The van der Waals surface area contributed by atoms with Gasteiger partial charge in [-0.15, -0.1) is 0 Å². The van der Waals surface area contributed by atoms with Gasteiger partial charge in [-0.3, -0.25) is 19.2 Å². The Kier molecular flexibility index (Phi) is 11.6. The van der Waals surface area contributed by atoms with E-state index >= 15 is 0 Å². The summed E-state index contributed by atoms with van der Waals surface area (Å²) in [5.41, 5.74) is 1.15. The number of nitrogens with zero attached hydrogens (tertiary/aromatic N) is 3. The van der Waals surface area contributed by atoms with Crippen molar-refractivity contribution >= 4 is 40.7 Å². The molecule has 1 aromatic heterocycles. The van der Waals surface area contributed by atoms with Crippen molar-refractivity contribution in [3.8, 4) is 0 Å². The quantitative estimate of drug-likeness (QED) is 0.311. The molecule has 0 aliphatic carbocycles. The first-order chi connectivity index (χ1) is 20.1. The Bertz CT molecular complexity index is 1290. The van der Waals surface area contributed by atoms with Crippen LogP contribution in [0, 0.1) is 5.92 Å². The molecule has 0 saturated carbocycles. The summed E-state index contributed by atoms with van der Waals surface area (Å²) < 4.78 is 15.1. The van der Waals surface area contributed by atoms with Gasteiger partial charge >= 0.3 is 18.0 Å². The largest absolute Gasteiger partial charge is 0.469 e. The van der Waals surface area contributed by atoms with Crippen LogP contribution in [0.2, 0.25) is 0 Å². The van der Waals surface area contributed by atoms with Crippen molar-refractivity contribution < 1.29 is 38.2 Å². The van der Waals surface area contributed by atoms with Crippen LogP contribution in [0.5, 0.6) is 0 Å². The van der Waals surface area contributed by atoms with E-state index in [9.17, 15) is 24.0 Å². The van der Waals surface area contributed by atoms with Crippen molar-refractivity contribution in [2.24, 2.45) is 5.92 Å². The van der Waals surface area contributed by atoms with E-state index in [1.165, 1.54) is 12.0 Å². The van der Waals surface area contributed by atoms with Crippen LogP contribution < -0.4 is 5.32 Å². The predicted octanol–water partition coefficient (Wildman–Crippen LogP) is 2.89. The van der Waals surface area contributed by atoms with Gasteiger partial charge in [-0.1, -0.05) is 32.0 Å². The van der Waals surface area contributed by atoms with Gasteiger partial charge in [0, 0.05) is 38.0 Å². The van der Waals surface area contributed by atoms with E-state index in [0.717, 1.165) is 5.39 Å². The van der Waals surface area contributed by atoms with E-state index in [1.54, 1.807) is 36.9 Å². The Labute approximate surface area is 245 Å². The van der Waals surface area contributed by atoms with E-state index in [0.29, 0.717) is 11.1 Å². The number of aromatic nitrogens is 1. The molecule has 1 aromatic carbocycles. The fourth-order valence-electron chi connectivity index (χ4n) is 4.96. The van der Waals surface area contributed by atoms with Crippen molar-refractivity contribution in [1.82, 2.24) is 20.1 Å². The second kappa shape index (κ2) is 15.1. The number of rotatable bonds is 11. The Morgan fingerprint density at radius 1 is 0.952 bits per heavy atom. The number of hydrogen-bond donors (Lipinski definition) is 1. The molecule has 1 fully saturated rings. The Morgan fingerprint density at radius 3 is 2.21 bits per heavy atom. The first-order valence-corrected chi connectivity index (χ1v) is 14.3. The van der Waals surface area contributed by atoms with E-state index in [2.05, 4.69) is 10.3 Å². The maximum Gasteiger partial charge on any atom is 0.409 e. The normalized spacial score (nSPS) is 14.7. The summed E-state index contributed by atoms with van der Waals surface area (Å²) in [5.74, 6) is -2.70. The van der Waals surface area contributed by atoms with Gasteiger partial charge in [0.1, 0.15) is 11.7 Å². The number of pyridine rings is 1. The fraction of sp³-hybridized carbons (Fsp3) is 0.533. The van der Waals surface area contributed by atoms with Crippen molar-refractivity contribution in [3.05, 3.63) is 41.6 Å². The summed E-state index contributed by atoms with van der Waals surface area (Å²) in [5, 5.41) is 3.48. The van der Waals surface area contributed by atoms with E-state index in [-0.39, 0.29) is 69.8 Å². The molecule has 42 heavy (non-hydrogen) atoms. The lowest BCUT2D eigenvalue weighted by Gasteiger charge is -2.36. The number of para-hydroxylation sites is 1. The molecule has 2 atom stereocenters. The van der Waals surface area contributed by atoms with Crippen molar-refractivity contribution in [2.45, 2.75) is 52.5 Å². The van der Waals surface area contributed by atoms with Gasteiger partial charge in [0.05, 0.1) is 31.8 Å². The highest BCUT2D eigenvalue weighted by Crippen LogP contribution is 2.32. The predicted molar refractivity (Wildman–Crippen MR) is 154 cm³/mol. The molecule has 3 rings (SSSR count). The van der Waals surface area contributed by atoms with Gasteiger partial charge in [-0.05, 0) is 43.9 Å². The van der Waals surface area contributed by atoms with Gasteiger partial charge in [0.2, 0.25) is 5.91 Å². The van der Waals surface area contributed by atoms with Gasteiger partial charge in [-0.25, -0.2) is 9.78 Å². The van der Waals surface area contributed by atoms with E-state index in [4.69, 9.17) is 14.2 Å². The Morgan fingerprint density at radius 2 is 1.60 bits per heavy atom. The molecular formula is C30H40N4O8. The molecule has 2 heterocycles. The van der Waals surface area contributed by atoms with Crippen LogP contribution in [0.15, 0.2) is 30.3 Å². The highest BCUT2D eigenvalue weighted by Gasteiger charge is 2.33. The molecule has 1 saturated heterocycles. The summed E-state index contributed by atoms with van der Waals surface area (Å²) in [6.07, 6.45) is -0.529. The number of ether oxygens (including phenoxy) is 3.